The molecular weight excluding hydrogens is 416 g/mol. The Labute approximate surface area is 186 Å². The Bertz CT molecular complexity index is 876. The first-order valence-electron chi connectivity index (χ1n) is 10.5. The van der Waals surface area contributed by atoms with Crippen molar-refractivity contribution in [1.82, 2.24) is 0 Å². The van der Waals surface area contributed by atoms with Gasteiger partial charge >= 0.3 is 5.97 Å². The van der Waals surface area contributed by atoms with E-state index in [4.69, 9.17) is 28.4 Å². The van der Waals surface area contributed by atoms with Gasteiger partial charge < -0.3 is 33.5 Å². The molecule has 0 amide bonds. The standard InChI is InChI=1S/C24H28O8/c1-24(23(26)27-2)30-15-18-20(32-24)19(25)21(28-13-16-9-5-3-6-10-16)22(31-18)29-14-17-11-7-4-8-12-17/h3-12,18-22,25H,13-15H2,1-2H3/t18-,19+,20-,21-,22+,24+/m1/s1. The second kappa shape index (κ2) is 10.1. The predicted molar refractivity (Wildman–Crippen MR) is 112 cm³/mol. The van der Waals surface area contributed by atoms with Crippen molar-refractivity contribution in [3.05, 3.63) is 71.8 Å². The summed E-state index contributed by atoms with van der Waals surface area (Å²) >= 11 is 0. The summed E-state index contributed by atoms with van der Waals surface area (Å²) in [6.45, 7) is 2.02. The molecule has 4 rings (SSSR count). The van der Waals surface area contributed by atoms with Crippen LogP contribution in [0.4, 0.5) is 0 Å². The number of rotatable bonds is 7. The van der Waals surface area contributed by atoms with Gasteiger partial charge in [-0.3, -0.25) is 0 Å². The minimum Gasteiger partial charge on any atom is -0.465 e. The summed E-state index contributed by atoms with van der Waals surface area (Å²) in [7, 11) is 1.25. The molecule has 8 heteroatoms. The Balaban J connectivity index is 1.50. The lowest BCUT2D eigenvalue weighted by Crippen LogP contribution is -2.67. The van der Waals surface area contributed by atoms with E-state index < -0.39 is 42.5 Å². The van der Waals surface area contributed by atoms with Crippen LogP contribution in [0, 0.1) is 0 Å². The van der Waals surface area contributed by atoms with Crippen LogP contribution >= 0.6 is 0 Å². The van der Waals surface area contributed by atoms with Crippen molar-refractivity contribution in [2.24, 2.45) is 0 Å². The van der Waals surface area contributed by atoms with Crippen LogP contribution in [0.15, 0.2) is 60.7 Å². The molecule has 2 aromatic rings. The average Bonchev–Trinajstić information content (AvgIpc) is 2.83. The van der Waals surface area contributed by atoms with Crippen molar-refractivity contribution in [2.45, 2.75) is 56.6 Å². The molecule has 0 unspecified atom stereocenters. The van der Waals surface area contributed by atoms with E-state index in [2.05, 4.69) is 0 Å². The second-order valence-electron chi connectivity index (χ2n) is 7.92. The molecule has 172 valence electrons. The highest BCUT2D eigenvalue weighted by Crippen LogP contribution is 2.35. The molecule has 2 fully saturated rings. The third-order valence-electron chi connectivity index (χ3n) is 5.60. The van der Waals surface area contributed by atoms with Gasteiger partial charge in [0.05, 0.1) is 26.9 Å². The third-order valence-corrected chi connectivity index (χ3v) is 5.60. The number of methoxy groups -OCH3 is 1. The first-order chi connectivity index (χ1) is 15.5. The Morgan fingerprint density at radius 3 is 2.22 bits per heavy atom. The maximum Gasteiger partial charge on any atom is 0.366 e. The van der Waals surface area contributed by atoms with Crippen LogP contribution in [0.2, 0.25) is 0 Å². The molecule has 0 aliphatic carbocycles. The number of aliphatic hydroxyl groups is 1. The molecule has 2 aliphatic rings. The summed E-state index contributed by atoms with van der Waals surface area (Å²) in [5, 5.41) is 11.2. The van der Waals surface area contributed by atoms with Crippen LogP contribution in [-0.4, -0.2) is 61.3 Å². The van der Waals surface area contributed by atoms with Gasteiger partial charge in [0.1, 0.15) is 24.4 Å². The summed E-state index contributed by atoms with van der Waals surface area (Å²) in [5.41, 5.74) is 1.90. The number of ether oxygens (including phenoxy) is 6. The summed E-state index contributed by atoms with van der Waals surface area (Å²) in [6, 6.07) is 19.3. The SMILES string of the molecule is COC(=O)[C@@]1(C)OC[C@H]2O[C@H](OCc3ccccc3)[C@H](OCc3ccccc3)[C@@H](O)[C@@H]2O1. The number of hydrogen-bond donors (Lipinski definition) is 1. The van der Waals surface area contributed by atoms with E-state index in [1.807, 2.05) is 60.7 Å². The number of carbonyl (C=O) groups is 1. The average molecular weight is 444 g/mol. The number of esters is 1. The highest BCUT2D eigenvalue weighted by Gasteiger charge is 2.55. The van der Waals surface area contributed by atoms with Crippen molar-refractivity contribution in [3.63, 3.8) is 0 Å². The summed E-state index contributed by atoms with van der Waals surface area (Å²) in [6.07, 6.45) is -4.32. The molecule has 2 heterocycles. The van der Waals surface area contributed by atoms with E-state index >= 15 is 0 Å². The Kier molecular flexibility index (Phi) is 7.20. The van der Waals surface area contributed by atoms with Gasteiger partial charge in [-0.2, -0.15) is 0 Å². The van der Waals surface area contributed by atoms with E-state index in [9.17, 15) is 9.90 Å². The van der Waals surface area contributed by atoms with E-state index in [1.165, 1.54) is 14.0 Å². The minimum atomic E-state index is -1.64. The fourth-order valence-corrected chi connectivity index (χ4v) is 3.83. The molecule has 0 radical (unpaired) electrons. The van der Waals surface area contributed by atoms with Crippen molar-refractivity contribution in [1.29, 1.82) is 0 Å². The lowest BCUT2D eigenvalue weighted by Gasteiger charge is -2.49. The Morgan fingerprint density at radius 1 is 1.03 bits per heavy atom. The van der Waals surface area contributed by atoms with Crippen LogP contribution in [0.3, 0.4) is 0 Å². The smallest absolute Gasteiger partial charge is 0.366 e. The fourth-order valence-electron chi connectivity index (χ4n) is 3.83. The monoisotopic (exact) mass is 444 g/mol. The number of aliphatic hydroxyl groups excluding tert-OH is 1. The largest absolute Gasteiger partial charge is 0.465 e. The summed E-state index contributed by atoms with van der Waals surface area (Å²) in [4.78, 5) is 12.1. The summed E-state index contributed by atoms with van der Waals surface area (Å²) < 4.78 is 34.3. The third kappa shape index (κ3) is 5.01. The van der Waals surface area contributed by atoms with Crippen molar-refractivity contribution in [3.8, 4) is 0 Å². The number of hydrogen-bond acceptors (Lipinski definition) is 8. The van der Waals surface area contributed by atoms with Gasteiger partial charge in [-0.1, -0.05) is 60.7 Å². The zero-order valence-electron chi connectivity index (χ0n) is 18.1. The van der Waals surface area contributed by atoms with Gasteiger partial charge in [-0.05, 0) is 11.1 Å². The predicted octanol–water partition coefficient (Wildman–Crippen LogP) is 2.18. The second-order valence-corrected chi connectivity index (χ2v) is 7.92. The molecule has 2 aromatic carbocycles. The maximum atomic E-state index is 12.1. The van der Waals surface area contributed by atoms with Gasteiger partial charge in [0.15, 0.2) is 6.29 Å². The highest BCUT2D eigenvalue weighted by atomic mass is 16.8. The zero-order chi connectivity index (χ0) is 22.6. The van der Waals surface area contributed by atoms with E-state index in [0.29, 0.717) is 0 Å². The molecule has 0 spiro atoms. The Hall–Kier alpha value is -2.33. The first kappa shape index (κ1) is 22.8. The van der Waals surface area contributed by atoms with Crippen molar-refractivity contribution in [2.75, 3.05) is 13.7 Å². The molecule has 32 heavy (non-hydrogen) atoms. The summed E-state index contributed by atoms with van der Waals surface area (Å²) in [5.74, 6) is -2.32. The van der Waals surface area contributed by atoms with Crippen molar-refractivity contribution < 1.29 is 38.3 Å². The molecule has 6 atom stereocenters. The molecule has 2 aliphatic heterocycles. The minimum absolute atomic E-state index is 0.0317. The van der Waals surface area contributed by atoms with Gasteiger partial charge in [0, 0.05) is 6.92 Å². The number of fused-ring (bicyclic) bond motifs is 1. The van der Waals surface area contributed by atoms with Crippen LogP contribution in [0.1, 0.15) is 18.1 Å². The molecule has 8 nitrogen and oxygen atoms in total. The molecular formula is C24H28O8. The van der Waals surface area contributed by atoms with Crippen LogP contribution < -0.4 is 0 Å². The van der Waals surface area contributed by atoms with Gasteiger partial charge in [-0.25, -0.2) is 4.79 Å². The van der Waals surface area contributed by atoms with E-state index in [1.54, 1.807) is 0 Å². The molecule has 0 aromatic heterocycles. The first-order valence-corrected chi connectivity index (χ1v) is 10.5. The lowest BCUT2D eigenvalue weighted by molar-refractivity contribution is -0.384. The zero-order valence-corrected chi connectivity index (χ0v) is 18.1. The number of carbonyl (C=O) groups excluding carboxylic acids is 1. The molecule has 1 N–H and O–H groups in total. The van der Waals surface area contributed by atoms with Crippen molar-refractivity contribution >= 4 is 5.97 Å². The molecule has 0 bridgehead atoms. The normalized spacial score (nSPS) is 32.2. The van der Waals surface area contributed by atoms with Crippen LogP contribution in [-0.2, 0) is 46.4 Å². The topological polar surface area (TPSA) is 92.7 Å². The lowest BCUT2D eigenvalue weighted by atomic mass is 9.97. The fraction of sp³-hybridized carbons (Fsp3) is 0.458. The molecule has 2 saturated heterocycles. The van der Waals surface area contributed by atoms with E-state index in [0.717, 1.165) is 11.1 Å². The Morgan fingerprint density at radius 2 is 1.62 bits per heavy atom. The quantitative estimate of drug-likeness (QED) is 0.650. The maximum absolute atomic E-state index is 12.1. The van der Waals surface area contributed by atoms with E-state index in [-0.39, 0.29) is 19.8 Å². The van der Waals surface area contributed by atoms with Gasteiger partial charge in [0.2, 0.25) is 0 Å². The molecule has 0 saturated carbocycles. The van der Waals surface area contributed by atoms with Gasteiger partial charge in [0.25, 0.3) is 5.79 Å². The van der Waals surface area contributed by atoms with Crippen LogP contribution in [0.25, 0.3) is 0 Å². The number of benzene rings is 2. The van der Waals surface area contributed by atoms with Gasteiger partial charge in [-0.15, -0.1) is 0 Å². The highest BCUT2D eigenvalue weighted by molar-refractivity contribution is 5.77. The van der Waals surface area contributed by atoms with Crippen LogP contribution in [0.5, 0.6) is 0 Å².